The van der Waals surface area contributed by atoms with Crippen LogP contribution < -0.4 is 10.5 Å². The molecule has 106 valence electrons. The van der Waals surface area contributed by atoms with Crippen molar-refractivity contribution in [3.63, 3.8) is 0 Å². The van der Waals surface area contributed by atoms with Gasteiger partial charge >= 0.3 is 5.97 Å². The van der Waals surface area contributed by atoms with Crippen molar-refractivity contribution in [1.82, 2.24) is 0 Å². The summed E-state index contributed by atoms with van der Waals surface area (Å²) in [5.41, 5.74) is -0.526. The maximum Gasteiger partial charge on any atom is 0.335 e. The lowest BCUT2D eigenvalue weighted by atomic mass is 10.2. The minimum Gasteiger partial charge on any atom is -0.478 e. The molecule has 0 spiro atoms. The van der Waals surface area contributed by atoms with Crippen molar-refractivity contribution < 1.29 is 22.7 Å². The summed E-state index contributed by atoms with van der Waals surface area (Å²) in [5, 5.41) is 16.4. The van der Waals surface area contributed by atoms with E-state index < -0.39 is 26.7 Å². The van der Waals surface area contributed by atoms with Crippen LogP contribution in [0.5, 0.6) is 0 Å². The number of unbranched alkanes of at least 4 members (excludes halogenated alkanes) is 1. The highest BCUT2D eigenvalue weighted by Gasteiger charge is 2.21. The summed E-state index contributed by atoms with van der Waals surface area (Å²) in [6, 6.07) is 1.75. The summed E-state index contributed by atoms with van der Waals surface area (Å²) in [7, 11) is -4.32. The molecule has 0 aromatic heterocycles. The number of carboxylic acid groups (broad SMARTS) is 1. The Labute approximate surface area is 110 Å². The number of anilines is 1. The van der Waals surface area contributed by atoms with E-state index in [0.29, 0.717) is 12.6 Å². The molecule has 0 saturated carbocycles. The van der Waals surface area contributed by atoms with Crippen LogP contribution in [0.25, 0.3) is 0 Å². The van der Waals surface area contributed by atoms with Crippen LogP contribution >= 0.6 is 0 Å². The Morgan fingerprint density at radius 3 is 2.58 bits per heavy atom. The first-order valence-corrected chi connectivity index (χ1v) is 7.15. The number of carbonyl (C=O) groups is 1. The van der Waals surface area contributed by atoms with E-state index in [4.69, 9.17) is 10.2 Å². The van der Waals surface area contributed by atoms with Crippen molar-refractivity contribution >= 4 is 21.7 Å². The second kappa shape index (κ2) is 5.98. The van der Waals surface area contributed by atoms with Crippen LogP contribution in [-0.2, 0) is 10.0 Å². The molecule has 0 amide bonds. The van der Waals surface area contributed by atoms with Gasteiger partial charge in [-0.3, -0.25) is 0 Å². The van der Waals surface area contributed by atoms with Gasteiger partial charge in [-0.05, 0) is 18.6 Å². The highest BCUT2D eigenvalue weighted by molar-refractivity contribution is 7.89. The molecule has 0 fully saturated rings. The standard InChI is InChI=1S/C11H15FN2O4S/c1-2-3-4-14-8-5-7(11(15)16)6-9(10(8)12)19(13,17)18/h5-6,14H,2-4H2,1H3,(H,15,16)(H2,13,17,18). The normalized spacial score (nSPS) is 11.3. The average molecular weight is 290 g/mol. The van der Waals surface area contributed by atoms with E-state index in [9.17, 15) is 17.6 Å². The molecule has 0 aliphatic rings. The summed E-state index contributed by atoms with van der Waals surface area (Å²) in [4.78, 5) is 10.1. The fourth-order valence-electron chi connectivity index (χ4n) is 1.46. The molecular formula is C11H15FN2O4S. The predicted molar refractivity (Wildman–Crippen MR) is 68.1 cm³/mol. The molecule has 0 bridgehead atoms. The Kier molecular flexibility index (Phi) is 4.84. The minimum atomic E-state index is -4.32. The van der Waals surface area contributed by atoms with Crippen molar-refractivity contribution in [1.29, 1.82) is 0 Å². The molecule has 0 unspecified atom stereocenters. The van der Waals surface area contributed by atoms with Gasteiger partial charge in [-0.2, -0.15) is 0 Å². The topological polar surface area (TPSA) is 109 Å². The molecule has 6 nitrogen and oxygen atoms in total. The molecule has 0 aliphatic carbocycles. The number of aromatic carboxylic acids is 1. The van der Waals surface area contributed by atoms with E-state index in [2.05, 4.69) is 5.32 Å². The molecule has 0 aliphatic heterocycles. The second-order valence-electron chi connectivity index (χ2n) is 3.97. The molecular weight excluding hydrogens is 275 g/mol. The highest BCUT2D eigenvalue weighted by Crippen LogP contribution is 2.24. The third kappa shape index (κ3) is 3.90. The van der Waals surface area contributed by atoms with Gasteiger partial charge in [-0.15, -0.1) is 0 Å². The maximum atomic E-state index is 13.9. The molecule has 1 rings (SSSR count). The summed E-state index contributed by atoms with van der Waals surface area (Å²) in [6.45, 7) is 2.34. The molecule has 0 saturated heterocycles. The van der Waals surface area contributed by atoms with Gasteiger partial charge in [-0.1, -0.05) is 13.3 Å². The highest BCUT2D eigenvalue weighted by atomic mass is 32.2. The number of nitrogens with two attached hydrogens (primary N) is 1. The zero-order valence-electron chi connectivity index (χ0n) is 10.3. The van der Waals surface area contributed by atoms with Gasteiger partial charge in [0, 0.05) is 6.54 Å². The first-order chi connectivity index (χ1) is 8.77. The van der Waals surface area contributed by atoms with E-state index in [0.717, 1.165) is 18.9 Å². The molecule has 4 N–H and O–H groups in total. The van der Waals surface area contributed by atoms with Gasteiger partial charge in [0.15, 0.2) is 5.82 Å². The van der Waals surface area contributed by atoms with Crippen LogP contribution in [0.4, 0.5) is 10.1 Å². The second-order valence-corrected chi connectivity index (χ2v) is 5.50. The van der Waals surface area contributed by atoms with Crippen LogP contribution in [0.3, 0.4) is 0 Å². The number of hydrogen-bond acceptors (Lipinski definition) is 4. The van der Waals surface area contributed by atoms with Gasteiger partial charge in [0.25, 0.3) is 0 Å². The van der Waals surface area contributed by atoms with Crippen LogP contribution in [0.1, 0.15) is 30.1 Å². The van der Waals surface area contributed by atoms with Crippen LogP contribution in [0.15, 0.2) is 17.0 Å². The fourth-order valence-corrected chi connectivity index (χ4v) is 2.11. The summed E-state index contributed by atoms with van der Waals surface area (Å²) >= 11 is 0. The van der Waals surface area contributed by atoms with Gasteiger partial charge < -0.3 is 10.4 Å². The zero-order valence-corrected chi connectivity index (χ0v) is 11.1. The first-order valence-electron chi connectivity index (χ1n) is 5.61. The number of halogens is 1. The van der Waals surface area contributed by atoms with Crippen molar-refractivity contribution in [2.24, 2.45) is 5.14 Å². The number of hydrogen-bond donors (Lipinski definition) is 3. The Hall–Kier alpha value is -1.67. The molecule has 0 radical (unpaired) electrons. The lowest BCUT2D eigenvalue weighted by Gasteiger charge is -2.11. The minimum absolute atomic E-state index is 0.183. The van der Waals surface area contributed by atoms with E-state index >= 15 is 0 Å². The number of carboxylic acids is 1. The number of sulfonamides is 1. The van der Waals surface area contributed by atoms with Gasteiger partial charge in [-0.25, -0.2) is 22.7 Å². The third-order valence-corrected chi connectivity index (χ3v) is 3.35. The van der Waals surface area contributed by atoms with E-state index in [1.165, 1.54) is 0 Å². The van der Waals surface area contributed by atoms with Gasteiger partial charge in [0.1, 0.15) is 4.90 Å². The maximum absolute atomic E-state index is 13.9. The molecule has 8 heteroatoms. The Morgan fingerprint density at radius 2 is 2.11 bits per heavy atom. The average Bonchev–Trinajstić information content (AvgIpc) is 2.29. The summed E-state index contributed by atoms with van der Waals surface area (Å²) in [5.74, 6) is -2.42. The molecule has 1 aromatic rings. The SMILES string of the molecule is CCCCNc1cc(C(=O)O)cc(S(N)(=O)=O)c1F. The molecule has 1 aromatic carbocycles. The van der Waals surface area contributed by atoms with E-state index in [1.807, 2.05) is 6.92 Å². The monoisotopic (exact) mass is 290 g/mol. The van der Waals surface area contributed by atoms with Crippen molar-refractivity contribution in [3.05, 3.63) is 23.5 Å². The Morgan fingerprint density at radius 1 is 1.47 bits per heavy atom. The lowest BCUT2D eigenvalue weighted by Crippen LogP contribution is -2.17. The lowest BCUT2D eigenvalue weighted by molar-refractivity contribution is 0.0696. The third-order valence-electron chi connectivity index (χ3n) is 2.44. The van der Waals surface area contributed by atoms with Crippen molar-refractivity contribution in [3.8, 4) is 0 Å². The fraction of sp³-hybridized carbons (Fsp3) is 0.364. The van der Waals surface area contributed by atoms with Crippen molar-refractivity contribution in [2.45, 2.75) is 24.7 Å². The van der Waals surface area contributed by atoms with E-state index in [-0.39, 0.29) is 11.3 Å². The largest absolute Gasteiger partial charge is 0.478 e. The number of benzene rings is 1. The number of rotatable bonds is 6. The van der Waals surface area contributed by atoms with Gasteiger partial charge in [0.05, 0.1) is 11.3 Å². The van der Waals surface area contributed by atoms with Crippen molar-refractivity contribution in [2.75, 3.05) is 11.9 Å². The quantitative estimate of drug-likeness (QED) is 0.686. The summed E-state index contributed by atoms with van der Waals surface area (Å²) in [6.07, 6.45) is 1.59. The van der Waals surface area contributed by atoms with Gasteiger partial charge in [0.2, 0.25) is 10.0 Å². The number of nitrogens with one attached hydrogen (secondary N) is 1. The predicted octanol–water partition coefficient (Wildman–Crippen LogP) is 1.38. The van der Waals surface area contributed by atoms with Crippen LogP contribution in [0, 0.1) is 5.82 Å². The van der Waals surface area contributed by atoms with E-state index in [1.54, 1.807) is 0 Å². The molecule has 19 heavy (non-hydrogen) atoms. The first kappa shape index (κ1) is 15.4. The summed E-state index contributed by atoms with van der Waals surface area (Å²) < 4.78 is 36.4. The molecule has 0 atom stereocenters. The smallest absolute Gasteiger partial charge is 0.335 e. The zero-order chi connectivity index (χ0) is 14.6. The van der Waals surface area contributed by atoms with Crippen LogP contribution in [-0.4, -0.2) is 26.0 Å². The van der Waals surface area contributed by atoms with Crippen LogP contribution in [0.2, 0.25) is 0 Å². The number of primary sulfonamides is 1. The Balaban J connectivity index is 3.29. The molecule has 0 heterocycles. The Bertz CT molecular complexity index is 587.